The van der Waals surface area contributed by atoms with Crippen molar-refractivity contribution in [3.05, 3.63) is 228 Å². The third kappa shape index (κ3) is 7.33. The fraction of sp³-hybridized carbons (Fsp3) is 0.0175. The normalized spacial score (nSPS) is 11.6. The van der Waals surface area contributed by atoms with E-state index in [1.54, 1.807) is 0 Å². The zero-order valence-corrected chi connectivity index (χ0v) is 35.2. The molecule has 1 aliphatic carbocycles. The third-order valence-corrected chi connectivity index (χ3v) is 12.1. The van der Waals surface area contributed by atoms with Gasteiger partial charge in [-0.3, -0.25) is 0 Å². The van der Waals surface area contributed by atoms with E-state index in [9.17, 15) is 0 Å². The predicted molar refractivity (Wildman–Crippen MR) is 257 cm³/mol. The van der Waals surface area contributed by atoms with Gasteiger partial charge < -0.3 is 0 Å². The van der Waals surface area contributed by atoms with Crippen LogP contribution in [0.5, 0.6) is 0 Å². The van der Waals surface area contributed by atoms with Crippen molar-refractivity contribution in [1.82, 2.24) is 19.9 Å². The summed E-state index contributed by atoms with van der Waals surface area (Å²) < 4.78 is 1.06. The van der Waals surface area contributed by atoms with E-state index in [2.05, 4.69) is 204 Å². The van der Waals surface area contributed by atoms with Crippen molar-refractivity contribution in [3.8, 4) is 101 Å². The molecule has 0 fully saturated rings. The molecule has 0 radical (unpaired) electrons. The molecule has 0 bridgehead atoms. The van der Waals surface area contributed by atoms with Crippen LogP contribution in [-0.2, 0) is 6.42 Å². The summed E-state index contributed by atoms with van der Waals surface area (Å²) in [6.45, 7) is 0. The van der Waals surface area contributed by atoms with Gasteiger partial charge in [-0.15, -0.1) is 0 Å². The summed E-state index contributed by atoms with van der Waals surface area (Å²) in [5.74, 6) is 1.37. The van der Waals surface area contributed by atoms with Gasteiger partial charge >= 0.3 is 0 Å². The summed E-state index contributed by atoms with van der Waals surface area (Å²) in [5, 5.41) is 0. The maximum Gasteiger partial charge on any atom is 0.160 e. The SMILES string of the molecule is Brc1ccc2c(c1)-c1cc(-c3cccc(-c4nc(-c5ccccc5)cc(-c5ccccc5)n4)c3)cc(-c3cccc(-c4nc(-c5ccccc5)cc(-c5ccccc5)n4)c3)c1C2. The zero-order valence-electron chi connectivity index (χ0n) is 33.6. The van der Waals surface area contributed by atoms with Gasteiger partial charge in [0.1, 0.15) is 0 Å². The molecule has 0 saturated carbocycles. The lowest BCUT2D eigenvalue weighted by atomic mass is 9.90. The van der Waals surface area contributed by atoms with Crippen LogP contribution in [0.1, 0.15) is 11.1 Å². The molecule has 292 valence electrons. The number of halogens is 1. The third-order valence-electron chi connectivity index (χ3n) is 11.6. The largest absolute Gasteiger partial charge is 0.228 e. The van der Waals surface area contributed by atoms with Crippen LogP contribution in [0, 0.1) is 0 Å². The Bertz CT molecular complexity index is 3140. The van der Waals surface area contributed by atoms with Crippen LogP contribution in [-0.4, -0.2) is 19.9 Å². The molecular formula is C57H37BrN4. The molecule has 2 heterocycles. The van der Waals surface area contributed by atoms with E-state index in [1.807, 2.05) is 24.3 Å². The van der Waals surface area contributed by atoms with Crippen molar-refractivity contribution in [2.75, 3.05) is 0 Å². The van der Waals surface area contributed by atoms with Gasteiger partial charge in [-0.25, -0.2) is 19.9 Å². The topological polar surface area (TPSA) is 51.6 Å². The summed E-state index contributed by atoms with van der Waals surface area (Å²) in [4.78, 5) is 20.7. The first-order valence-electron chi connectivity index (χ1n) is 20.8. The number of hydrogen-bond acceptors (Lipinski definition) is 4. The average molecular weight is 858 g/mol. The zero-order chi connectivity index (χ0) is 41.4. The van der Waals surface area contributed by atoms with Gasteiger partial charge in [-0.2, -0.15) is 0 Å². The Morgan fingerprint density at radius 3 is 1.18 bits per heavy atom. The van der Waals surface area contributed by atoms with Crippen molar-refractivity contribution >= 4 is 15.9 Å². The van der Waals surface area contributed by atoms with Crippen molar-refractivity contribution in [2.45, 2.75) is 6.42 Å². The minimum Gasteiger partial charge on any atom is -0.228 e. The van der Waals surface area contributed by atoms with E-state index < -0.39 is 0 Å². The molecule has 0 amide bonds. The molecule has 0 N–H and O–H groups in total. The lowest BCUT2D eigenvalue weighted by molar-refractivity contribution is 1.18. The van der Waals surface area contributed by atoms with Crippen LogP contribution < -0.4 is 0 Å². The van der Waals surface area contributed by atoms with Crippen molar-refractivity contribution in [3.63, 3.8) is 0 Å². The number of fused-ring (bicyclic) bond motifs is 3. The summed E-state index contributed by atoms with van der Waals surface area (Å²) in [6.07, 6.45) is 0.846. The highest BCUT2D eigenvalue weighted by atomic mass is 79.9. The Kier molecular flexibility index (Phi) is 9.72. The molecule has 5 heteroatoms. The van der Waals surface area contributed by atoms with E-state index in [4.69, 9.17) is 19.9 Å². The Labute approximate surface area is 369 Å². The number of aromatic nitrogens is 4. The van der Waals surface area contributed by atoms with Crippen LogP contribution in [0.4, 0.5) is 0 Å². The van der Waals surface area contributed by atoms with Crippen LogP contribution in [0.15, 0.2) is 217 Å². The quantitative estimate of drug-likeness (QED) is 0.153. The molecule has 0 saturated heterocycles. The van der Waals surface area contributed by atoms with Gasteiger partial charge in [0, 0.05) is 37.9 Å². The Hall–Kier alpha value is -7.60. The van der Waals surface area contributed by atoms with Crippen LogP contribution >= 0.6 is 15.9 Å². The first-order valence-corrected chi connectivity index (χ1v) is 21.6. The maximum atomic E-state index is 5.18. The molecule has 10 aromatic rings. The molecular weight excluding hydrogens is 821 g/mol. The summed E-state index contributed by atoms with van der Waals surface area (Å²) >= 11 is 3.78. The fourth-order valence-corrected chi connectivity index (χ4v) is 8.88. The lowest BCUT2D eigenvalue weighted by Gasteiger charge is -2.15. The van der Waals surface area contributed by atoms with E-state index in [0.29, 0.717) is 11.6 Å². The highest BCUT2D eigenvalue weighted by Crippen LogP contribution is 2.46. The first-order chi connectivity index (χ1) is 30.6. The van der Waals surface area contributed by atoms with Crippen molar-refractivity contribution in [1.29, 1.82) is 0 Å². The molecule has 0 aliphatic heterocycles. The van der Waals surface area contributed by atoms with Crippen LogP contribution in [0.2, 0.25) is 0 Å². The first kappa shape index (κ1) is 37.4. The van der Waals surface area contributed by atoms with Gasteiger partial charge in [0.25, 0.3) is 0 Å². The molecule has 0 atom stereocenters. The Balaban J connectivity index is 1.05. The molecule has 0 spiro atoms. The molecule has 4 nitrogen and oxygen atoms in total. The average Bonchev–Trinajstić information content (AvgIpc) is 3.72. The van der Waals surface area contributed by atoms with Gasteiger partial charge in [0.05, 0.1) is 22.8 Å². The van der Waals surface area contributed by atoms with Gasteiger partial charge in [-0.1, -0.05) is 180 Å². The second-order valence-electron chi connectivity index (χ2n) is 15.6. The minimum absolute atomic E-state index is 0.683. The molecule has 0 unspecified atom stereocenters. The van der Waals surface area contributed by atoms with E-state index in [0.717, 1.165) is 83.7 Å². The lowest BCUT2D eigenvalue weighted by Crippen LogP contribution is -1.97. The van der Waals surface area contributed by atoms with Crippen molar-refractivity contribution < 1.29 is 0 Å². The minimum atomic E-state index is 0.683. The summed E-state index contributed by atoms with van der Waals surface area (Å²) in [7, 11) is 0. The number of rotatable bonds is 8. The fourth-order valence-electron chi connectivity index (χ4n) is 8.51. The second kappa shape index (κ2) is 16.1. The monoisotopic (exact) mass is 856 g/mol. The van der Waals surface area contributed by atoms with Crippen LogP contribution in [0.25, 0.3) is 101 Å². The van der Waals surface area contributed by atoms with Crippen molar-refractivity contribution in [2.24, 2.45) is 0 Å². The number of nitrogens with zero attached hydrogens (tertiary/aromatic N) is 4. The van der Waals surface area contributed by atoms with Gasteiger partial charge in [0.15, 0.2) is 11.6 Å². The van der Waals surface area contributed by atoms with Gasteiger partial charge in [-0.05, 0) is 99.5 Å². The predicted octanol–water partition coefficient (Wildman–Crippen LogP) is 14.9. The molecule has 1 aliphatic rings. The van der Waals surface area contributed by atoms with E-state index in [-0.39, 0.29) is 0 Å². The molecule has 2 aromatic heterocycles. The summed E-state index contributed by atoms with van der Waals surface area (Å²) in [5.41, 5.74) is 19.3. The second-order valence-corrected chi connectivity index (χ2v) is 16.5. The molecule has 8 aromatic carbocycles. The van der Waals surface area contributed by atoms with Crippen LogP contribution in [0.3, 0.4) is 0 Å². The highest BCUT2D eigenvalue weighted by Gasteiger charge is 2.24. The van der Waals surface area contributed by atoms with E-state index in [1.165, 1.54) is 27.8 Å². The summed E-state index contributed by atoms with van der Waals surface area (Å²) in [6, 6.07) is 74.2. The van der Waals surface area contributed by atoms with Gasteiger partial charge in [0.2, 0.25) is 0 Å². The Morgan fingerprint density at radius 2 is 0.694 bits per heavy atom. The molecule has 62 heavy (non-hydrogen) atoms. The smallest absolute Gasteiger partial charge is 0.160 e. The maximum absolute atomic E-state index is 5.18. The standard InChI is InChI=1S/C57H37BrN4/c58-47-28-27-43-31-50-48(42-24-14-26-45(30-42)57-61-54(39-19-9-3-10-20-39)36-55(62-57)40-21-11-4-12-22-40)32-46(33-51(50)49(43)34-47)41-23-13-25-44(29-41)56-59-52(37-15-5-1-6-16-37)35-53(60-56)38-17-7-2-8-18-38/h1-30,32-36H,31H2. The number of benzene rings is 8. The highest BCUT2D eigenvalue weighted by molar-refractivity contribution is 9.10. The Morgan fingerprint density at radius 1 is 0.290 bits per heavy atom. The molecule has 11 rings (SSSR count). The van der Waals surface area contributed by atoms with E-state index >= 15 is 0 Å². The number of hydrogen-bond donors (Lipinski definition) is 0.